The molecule has 0 aromatic heterocycles. The van der Waals surface area contributed by atoms with E-state index in [0.29, 0.717) is 17.0 Å². The van der Waals surface area contributed by atoms with Crippen LogP contribution in [0.15, 0.2) is 102 Å². The largest absolute Gasteiger partial charge is 0.484 e. The standard InChI is InChI=1S/C32H32N2O5/c1-21(25-11-7-5-8-12-25)33-29(35)20-39-27-17-15-24(16-18-27)19-28-30(32(37)38-4)23(3)34(31(28)36)22(2)26-13-9-6-10-14-26/h5-19,21-22H,20H2,1-4H3,(H,33,35)/b28-19-/t21-,22+/m1/s1. The molecule has 0 radical (unpaired) electrons. The number of carbonyl (C=O) groups is 3. The van der Waals surface area contributed by atoms with Gasteiger partial charge in [-0.3, -0.25) is 9.59 Å². The second-order valence-electron chi connectivity index (χ2n) is 9.33. The van der Waals surface area contributed by atoms with Gasteiger partial charge in [-0.15, -0.1) is 0 Å². The lowest BCUT2D eigenvalue weighted by Crippen LogP contribution is -2.31. The Kier molecular flexibility index (Phi) is 8.61. The molecule has 39 heavy (non-hydrogen) atoms. The molecule has 0 spiro atoms. The number of carbonyl (C=O) groups excluding carboxylic acids is 3. The molecule has 3 aromatic carbocycles. The van der Waals surface area contributed by atoms with Gasteiger partial charge in [-0.1, -0.05) is 72.8 Å². The molecule has 2 atom stereocenters. The Morgan fingerprint density at radius 2 is 1.49 bits per heavy atom. The summed E-state index contributed by atoms with van der Waals surface area (Å²) in [5, 5.41) is 2.92. The van der Waals surface area contributed by atoms with Crippen molar-refractivity contribution in [1.82, 2.24) is 10.2 Å². The summed E-state index contributed by atoms with van der Waals surface area (Å²) in [6.07, 6.45) is 1.67. The first kappa shape index (κ1) is 27.4. The van der Waals surface area contributed by atoms with E-state index in [9.17, 15) is 14.4 Å². The van der Waals surface area contributed by atoms with E-state index in [1.807, 2.05) is 74.5 Å². The van der Waals surface area contributed by atoms with Crippen LogP contribution in [0.1, 0.15) is 49.5 Å². The van der Waals surface area contributed by atoms with Gasteiger partial charge in [-0.05, 0) is 55.7 Å². The van der Waals surface area contributed by atoms with Crippen molar-refractivity contribution in [1.29, 1.82) is 0 Å². The summed E-state index contributed by atoms with van der Waals surface area (Å²) in [6.45, 7) is 5.47. The molecule has 0 saturated carbocycles. The maximum absolute atomic E-state index is 13.5. The zero-order chi connectivity index (χ0) is 27.9. The average Bonchev–Trinajstić information content (AvgIpc) is 3.21. The van der Waals surface area contributed by atoms with Gasteiger partial charge in [0.2, 0.25) is 0 Å². The molecule has 1 N–H and O–H groups in total. The first-order valence-corrected chi connectivity index (χ1v) is 12.8. The van der Waals surface area contributed by atoms with Crippen LogP contribution in [0.25, 0.3) is 6.08 Å². The van der Waals surface area contributed by atoms with E-state index >= 15 is 0 Å². The van der Waals surface area contributed by atoms with Gasteiger partial charge in [-0.2, -0.15) is 0 Å². The van der Waals surface area contributed by atoms with Crippen LogP contribution >= 0.6 is 0 Å². The fourth-order valence-electron chi connectivity index (χ4n) is 4.63. The monoisotopic (exact) mass is 524 g/mol. The number of nitrogens with one attached hydrogen (secondary N) is 1. The second kappa shape index (κ2) is 12.3. The minimum Gasteiger partial charge on any atom is -0.484 e. The Labute approximate surface area is 228 Å². The van der Waals surface area contributed by atoms with Gasteiger partial charge >= 0.3 is 5.97 Å². The highest BCUT2D eigenvalue weighted by atomic mass is 16.5. The van der Waals surface area contributed by atoms with Crippen molar-refractivity contribution in [3.05, 3.63) is 118 Å². The van der Waals surface area contributed by atoms with Crippen LogP contribution in [0.5, 0.6) is 5.75 Å². The van der Waals surface area contributed by atoms with Crippen molar-refractivity contribution in [2.75, 3.05) is 13.7 Å². The molecule has 0 fully saturated rings. The first-order valence-electron chi connectivity index (χ1n) is 12.8. The smallest absolute Gasteiger partial charge is 0.340 e. The zero-order valence-corrected chi connectivity index (χ0v) is 22.5. The summed E-state index contributed by atoms with van der Waals surface area (Å²) in [5.41, 5.74) is 3.73. The minimum atomic E-state index is -0.564. The summed E-state index contributed by atoms with van der Waals surface area (Å²) < 4.78 is 10.7. The van der Waals surface area contributed by atoms with Crippen LogP contribution in [0, 0.1) is 0 Å². The number of ether oxygens (including phenoxy) is 2. The summed E-state index contributed by atoms with van der Waals surface area (Å²) >= 11 is 0. The van der Waals surface area contributed by atoms with Crippen LogP contribution in [0.2, 0.25) is 0 Å². The first-order chi connectivity index (χ1) is 18.8. The molecule has 0 aliphatic carbocycles. The normalized spacial score (nSPS) is 15.7. The summed E-state index contributed by atoms with van der Waals surface area (Å²) in [7, 11) is 1.30. The molecule has 0 bridgehead atoms. The summed E-state index contributed by atoms with van der Waals surface area (Å²) in [5.74, 6) is -0.555. The number of nitrogens with zero attached hydrogens (tertiary/aromatic N) is 1. The van der Waals surface area contributed by atoms with Gasteiger partial charge < -0.3 is 19.7 Å². The van der Waals surface area contributed by atoms with Gasteiger partial charge in [-0.25, -0.2) is 4.79 Å². The summed E-state index contributed by atoms with van der Waals surface area (Å²) in [6, 6.07) is 25.9. The van der Waals surface area contributed by atoms with Gasteiger partial charge in [0.1, 0.15) is 5.75 Å². The highest BCUT2D eigenvalue weighted by Gasteiger charge is 2.39. The number of hydrogen-bond acceptors (Lipinski definition) is 5. The molecular weight excluding hydrogens is 492 g/mol. The number of hydrogen-bond donors (Lipinski definition) is 1. The molecular formula is C32H32N2O5. The highest BCUT2D eigenvalue weighted by molar-refractivity contribution is 6.16. The molecule has 7 nitrogen and oxygen atoms in total. The average molecular weight is 525 g/mol. The number of benzene rings is 3. The SMILES string of the molecule is COC(=O)C1=C(C)N([C@@H](C)c2ccccc2)C(=O)/C1=C\c1ccc(OCC(=O)N[C@H](C)c2ccccc2)cc1. The Morgan fingerprint density at radius 3 is 2.08 bits per heavy atom. The van der Waals surface area contributed by atoms with Gasteiger partial charge in [0.05, 0.1) is 30.3 Å². The second-order valence-corrected chi connectivity index (χ2v) is 9.33. The zero-order valence-electron chi connectivity index (χ0n) is 22.5. The molecule has 0 saturated heterocycles. The minimum absolute atomic E-state index is 0.128. The molecule has 2 amide bonds. The Balaban J connectivity index is 1.47. The van der Waals surface area contributed by atoms with Crippen LogP contribution in [-0.2, 0) is 19.1 Å². The number of esters is 1. The molecule has 1 aliphatic rings. The van der Waals surface area contributed by atoms with Crippen molar-refractivity contribution < 1.29 is 23.9 Å². The van der Waals surface area contributed by atoms with E-state index in [2.05, 4.69) is 5.32 Å². The molecule has 1 heterocycles. The molecule has 3 aromatic rings. The molecule has 0 unspecified atom stereocenters. The van der Waals surface area contributed by atoms with Crippen LogP contribution < -0.4 is 10.1 Å². The fourth-order valence-corrected chi connectivity index (χ4v) is 4.63. The Hall–Kier alpha value is -4.65. The highest BCUT2D eigenvalue weighted by Crippen LogP contribution is 2.37. The van der Waals surface area contributed by atoms with Crippen molar-refractivity contribution >= 4 is 23.9 Å². The van der Waals surface area contributed by atoms with Crippen molar-refractivity contribution in [3.63, 3.8) is 0 Å². The van der Waals surface area contributed by atoms with Crippen molar-refractivity contribution in [3.8, 4) is 5.75 Å². The van der Waals surface area contributed by atoms with Gasteiger partial charge in [0.25, 0.3) is 11.8 Å². The third kappa shape index (κ3) is 6.26. The van der Waals surface area contributed by atoms with E-state index < -0.39 is 5.97 Å². The maximum Gasteiger partial charge on any atom is 0.340 e. The van der Waals surface area contributed by atoms with Gasteiger partial charge in [0, 0.05) is 5.70 Å². The van der Waals surface area contributed by atoms with E-state index in [1.165, 1.54) is 7.11 Å². The lowest BCUT2D eigenvalue weighted by atomic mass is 10.0. The number of methoxy groups -OCH3 is 1. The quantitative estimate of drug-likeness (QED) is 0.300. The predicted molar refractivity (Wildman–Crippen MR) is 149 cm³/mol. The van der Waals surface area contributed by atoms with E-state index in [0.717, 1.165) is 11.1 Å². The predicted octanol–water partition coefficient (Wildman–Crippen LogP) is 5.38. The fraction of sp³-hybridized carbons (Fsp3) is 0.219. The summed E-state index contributed by atoms with van der Waals surface area (Å²) in [4.78, 5) is 40.2. The van der Waals surface area contributed by atoms with Crippen LogP contribution in [-0.4, -0.2) is 36.4 Å². The molecule has 7 heteroatoms. The molecule has 4 rings (SSSR count). The van der Waals surface area contributed by atoms with Crippen LogP contribution in [0.3, 0.4) is 0 Å². The number of rotatable bonds is 9. The van der Waals surface area contributed by atoms with E-state index in [1.54, 1.807) is 42.2 Å². The number of allylic oxidation sites excluding steroid dienone is 1. The van der Waals surface area contributed by atoms with Crippen molar-refractivity contribution in [2.24, 2.45) is 0 Å². The molecule has 1 aliphatic heterocycles. The molecule has 200 valence electrons. The maximum atomic E-state index is 13.5. The number of amides is 2. The Morgan fingerprint density at radius 1 is 0.897 bits per heavy atom. The topological polar surface area (TPSA) is 84.9 Å². The van der Waals surface area contributed by atoms with E-state index in [4.69, 9.17) is 9.47 Å². The van der Waals surface area contributed by atoms with Gasteiger partial charge in [0.15, 0.2) is 6.61 Å². The third-order valence-electron chi connectivity index (χ3n) is 6.74. The van der Waals surface area contributed by atoms with E-state index in [-0.39, 0.29) is 41.7 Å². The lowest BCUT2D eigenvalue weighted by Gasteiger charge is -2.26. The third-order valence-corrected chi connectivity index (χ3v) is 6.74. The van der Waals surface area contributed by atoms with Crippen molar-refractivity contribution in [2.45, 2.75) is 32.9 Å². The Bertz CT molecular complexity index is 1400. The lowest BCUT2D eigenvalue weighted by molar-refractivity contribution is -0.136. The van der Waals surface area contributed by atoms with Crippen LogP contribution in [0.4, 0.5) is 0 Å².